The summed E-state index contributed by atoms with van der Waals surface area (Å²) in [6.45, 7) is 0. The Labute approximate surface area is 191 Å². The molecule has 0 aliphatic heterocycles. The molecule has 4 aromatic rings. The van der Waals surface area contributed by atoms with Gasteiger partial charge in [0.2, 0.25) is 0 Å². The summed E-state index contributed by atoms with van der Waals surface area (Å²) >= 11 is 13.9. The van der Waals surface area contributed by atoms with Crippen molar-refractivity contribution in [2.75, 3.05) is 10.6 Å². The molecule has 0 fully saturated rings. The fraction of sp³-hybridized carbons (Fsp3) is 0. The Morgan fingerprint density at radius 3 is 2.42 bits per heavy atom. The molecule has 0 saturated carbocycles. The lowest BCUT2D eigenvalue weighted by molar-refractivity contribution is 0.101. The summed E-state index contributed by atoms with van der Waals surface area (Å²) in [6.07, 6.45) is 3.26. The van der Waals surface area contributed by atoms with Gasteiger partial charge < -0.3 is 5.32 Å². The first kappa shape index (κ1) is 21.0. The van der Waals surface area contributed by atoms with E-state index in [1.165, 1.54) is 29.5 Å². The molecule has 4 rings (SSSR count). The quantitative estimate of drug-likeness (QED) is 0.375. The van der Waals surface area contributed by atoms with Gasteiger partial charge in [0.1, 0.15) is 0 Å². The smallest absolute Gasteiger partial charge is 0.257 e. The standard InChI is InChI=1S/C22H14Cl2N4O2S/c23-17-7-5-14(12-16(17)19-3-1-2-8-25-19)27-21(30)15-6-4-13(11-18(15)24)20(29)28-22-26-9-10-31-22/h1-12H,(H,27,30)(H,26,28,29). The lowest BCUT2D eigenvalue weighted by Gasteiger charge is -2.11. The van der Waals surface area contributed by atoms with E-state index >= 15 is 0 Å². The van der Waals surface area contributed by atoms with Gasteiger partial charge in [-0.1, -0.05) is 29.3 Å². The van der Waals surface area contributed by atoms with Gasteiger partial charge in [0.15, 0.2) is 5.13 Å². The van der Waals surface area contributed by atoms with E-state index in [1.54, 1.807) is 36.0 Å². The van der Waals surface area contributed by atoms with Crippen molar-refractivity contribution in [2.24, 2.45) is 0 Å². The summed E-state index contributed by atoms with van der Waals surface area (Å²) in [7, 11) is 0. The molecule has 31 heavy (non-hydrogen) atoms. The number of hydrogen-bond donors (Lipinski definition) is 2. The third-order valence-electron chi connectivity index (χ3n) is 4.29. The predicted molar refractivity (Wildman–Crippen MR) is 124 cm³/mol. The Bertz CT molecular complexity index is 1250. The van der Waals surface area contributed by atoms with Gasteiger partial charge in [0.05, 0.1) is 21.3 Å². The number of carbonyl (C=O) groups is 2. The first-order valence-electron chi connectivity index (χ1n) is 9.04. The molecule has 154 valence electrons. The molecule has 0 spiro atoms. The Balaban J connectivity index is 1.52. The lowest BCUT2D eigenvalue weighted by atomic mass is 10.1. The van der Waals surface area contributed by atoms with Gasteiger partial charge in [-0.25, -0.2) is 4.98 Å². The molecule has 9 heteroatoms. The molecule has 0 aliphatic rings. The molecule has 2 amide bonds. The van der Waals surface area contributed by atoms with Gasteiger partial charge in [-0.3, -0.25) is 19.9 Å². The number of pyridine rings is 1. The maximum Gasteiger partial charge on any atom is 0.257 e. The number of rotatable bonds is 5. The number of nitrogens with zero attached hydrogens (tertiary/aromatic N) is 2. The second kappa shape index (κ2) is 9.26. The maximum absolute atomic E-state index is 12.8. The molecule has 6 nitrogen and oxygen atoms in total. The number of carbonyl (C=O) groups excluding carboxylic acids is 2. The number of thiazole rings is 1. The van der Waals surface area contributed by atoms with E-state index in [4.69, 9.17) is 23.2 Å². The van der Waals surface area contributed by atoms with Gasteiger partial charge in [0, 0.05) is 34.6 Å². The van der Waals surface area contributed by atoms with Crippen LogP contribution >= 0.6 is 34.5 Å². The van der Waals surface area contributed by atoms with Crippen LogP contribution in [0.3, 0.4) is 0 Å². The van der Waals surface area contributed by atoms with Crippen LogP contribution in [0.1, 0.15) is 20.7 Å². The molecule has 0 saturated heterocycles. The van der Waals surface area contributed by atoms with E-state index in [9.17, 15) is 9.59 Å². The van der Waals surface area contributed by atoms with Crippen molar-refractivity contribution in [3.8, 4) is 11.3 Å². The minimum atomic E-state index is -0.411. The Kier molecular flexibility index (Phi) is 6.27. The van der Waals surface area contributed by atoms with Crippen molar-refractivity contribution in [1.29, 1.82) is 0 Å². The van der Waals surface area contributed by atoms with Crippen LogP contribution in [0.25, 0.3) is 11.3 Å². The molecule has 2 N–H and O–H groups in total. The van der Waals surface area contributed by atoms with E-state index in [2.05, 4.69) is 20.6 Å². The zero-order chi connectivity index (χ0) is 21.8. The third kappa shape index (κ3) is 4.91. The molecule has 0 unspecified atom stereocenters. The Morgan fingerprint density at radius 1 is 0.839 bits per heavy atom. The second-order valence-electron chi connectivity index (χ2n) is 6.35. The van der Waals surface area contributed by atoms with Crippen LogP contribution < -0.4 is 10.6 Å². The van der Waals surface area contributed by atoms with Gasteiger partial charge in [0.25, 0.3) is 11.8 Å². The Morgan fingerprint density at radius 2 is 1.71 bits per heavy atom. The fourth-order valence-electron chi connectivity index (χ4n) is 2.81. The average molecular weight is 469 g/mol. The van der Waals surface area contributed by atoms with E-state index in [1.807, 2.05) is 18.2 Å². The summed E-state index contributed by atoms with van der Waals surface area (Å²) in [6, 6.07) is 15.1. The van der Waals surface area contributed by atoms with Crippen molar-refractivity contribution in [3.63, 3.8) is 0 Å². The number of anilines is 2. The van der Waals surface area contributed by atoms with Crippen LogP contribution in [0, 0.1) is 0 Å². The van der Waals surface area contributed by atoms with E-state index in [0.717, 1.165) is 0 Å². The normalized spacial score (nSPS) is 10.5. The summed E-state index contributed by atoms with van der Waals surface area (Å²) in [5.41, 5.74) is 2.48. The highest BCUT2D eigenvalue weighted by Gasteiger charge is 2.15. The zero-order valence-electron chi connectivity index (χ0n) is 15.8. The molecular formula is C22H14Cl2N4O2S. The van der Waals surface area contributed by atoms with E-state index in [0.29, 0.717) is 32.7 Å². The third-order valence-corrected chi connectivity index (χ3v) is 5.62. The predicted octanol–water partition coefficient (Wildman–Crippen LogP) is 6.02. The first-order valence-corrected chi connectivity index (χ1v) is 10.7. The Hall–Kier alpha value is -3.26. The van der Waals surface area contributed by atoms with Gasteiger partial charge in [-0.15, -0.1) is 11.3 Å². The molecule has 0 bridgehead atoms. The highest BCUT2D eigenvalue weighted by atomic mass is 35.5. The highest BCUT2D eigenvalue weighted by Crippen LogP contribution is 2.30. The van der Waals surface area contributed by atoms with Crippen LogP contribution in [-0.4, -0.2) is 21.8 Å². The molecule has 0 radical (unpaired) electrons. The van der Waals surface area contributed by atoms with Crippen molar-refractivity contribution >= 4 is 57.2 Å². The number of benzene rings is 2. The molecule has 2 aromatic carbocycles. The number of hydrogen-bond acceptors (Lipinski definition) is 5. The number of nitrogens with one attached hydrogen (secondary N) is 2. The van der Waals surface area contributed by atoms with Gasteiger partial charge in [-0.05, 0) is 48.5 Å². The van der Waals surface area contributed by atoms with Gasteiger partial charge in [-0.2, -0.15) is 0 Å². The molecule has 0 atom stereocenters. The van der Waals surface area contributed by atoms with Crippen molar-refractivity contribution in [3.05, 3.63) is 93.5 Å². The van der Waals surface area contributed by atoms with E-state index < -0.39 is 5.91 Å². The maximum atomic E-state index is 12.8. The van der Waals surface area contributed by atoms with Crippen LogP contribution in [0.5, 0.6) is 0 Å². The summed E-state index contributed by atoms with van der Waals surface area (Å²) in [5, 5.41) is 8.39. The fourth-order valence-corrected chi connectivity index (χ4v) is 3.82. The van der Waals surface area contributed by atoms with Crippen molar-refractivity contribution in [2.45, 2.75) is 0 Å². The van der Waals surface area contributed by atoms with Crippen molar-refractivity contribution in [1.82, 2.24) is 9.97 Å². The molecular weight excluding hydrogens is 455 g/mol. The largest absolute Gasteiger partial charge is 0.322 e. The van der Waals surface area contributed by atoms with Crippen LogP contribution in [-0.2, 0) is 0 Å². The summed E-state index contributed by atoms with van der Waals surface area (Å²) < 4.78 is 0. The highest BCUT2D eigenvalue weighted by molar-refractivity contribution is 7.13. The zero-order valence-corrected chi connectivity index (χ0v) is 18.1. The van der Waals surface area contributed by atoms with Crippen LogP contribution in [0.15, 0.2) is 72.4 Å². The first-order chi connectivity index (χ1) is 15.0. The van der Waals surface area contributed by atoms with E-state index in [-0.39, 0.29) is 16.5 Å². The number of halogens is 2. The minimum Gasteiger partial charge on any atom is -0.322 e. The van der Waals surface area contributed by atoms with Crippen LogP contribution in [0.4, 0.5) is 10.8 Å². The van der Waals surface area contributed by atoms with Crippen molar-refractivity contribution < 1.29 is 9.59 Å². The lowest BCUT2D eigenvalue weighted by Crippen LogP contribution is -2.15. The van der Waals surface area contributed by atoms with Gasteiger partial charge >= 0.3 is 0 Å². The summed E-state index contributed by atoms with van der Waals surface area (Å²) in [5.74, 6) is -0.771. The van der Waals surface area contributed by atoms with Crippen LogP contribution in [0.2, 0.25) is 10.0 Å². The topological polar surface area (TPSA) is 84.0 Å². The number of aromatic nitrogens is 2. The minimum absolute atomic E-state index is 0.156. The summed E-state index contributed by atoms with van der Waals surface area (Å²) in [4.78, 5) is 33.4. The molecule has 0 aliphatic carbocycles. The molecule has 2 aromatic heterocycles. The number of amides is 2. The SMILES string of the molecule is O=C(Nc1nccs1)c1ccc(C(=O)Nc2ccc(Cl)c(-c3ccccn3)c2)c(Cl)c1. The second-order valence-corrected chi connectivity index (χ2v) is 8.06. The average Bonchev–Trinajstić information content (AvgIpc) is 3.28. The monoisotopic (exact) mass is 468 g/mol. The molecule has 2 heterocycles.